The third-order valence-electron chi connectivity index (χ3n) is 5.42. The highest BCUT2D eigenvalue weighted by Crippen LogP contribution is 2.40. The van der Waals surface area contributed by atoms with E-state index in [4.69, 9.17) is 4.74 Å². The third-order valence-corrected chi connectivity index (χ3v) is 5.42. The van der Waals surface area contributed by atoms with Gasteiger partial charge in [-0.3, -0.25) is 4.79 Å². The molecular weight excluding hydrogens is 338 g/mol. The van der Waals surface area contributed by atoms with Gasteiger partial charge in [-0.15, -0.1) is 0 Å². The molecule has 1 aliphatic carbocycles. The fraction of sp³-hybridized carbons (Fsp3) is 0.304. The van der Waals surface area contributed by atoms with Crippen molar-refractivity contribution in [2.45, 2.75) is 38.2 Å². The number of carbonyl (C=O) groups is 1. The first-order chi connectivity index (χ1) is 13.2. The van der Waals surface area contributed by atoms with Crippen molar-refractivity contribution >= 4 is 16.9 Å². The van der Waals surface area contributed by atoms with Crippen LogP contribution in [0.2, 0.25) is 0 Å². The first-order valence-corrected chi connectivity index (χ1v) is 9.51. The van der Waals surface area contributed by atoms with Crippen molar-refractivity contribution < 1.29 is 14.6 Å². The standard InChI is InChI=1S/C23H23NO3/c25-23(26)22(17-8-1-2-9-17)19-10-4-6-12-21(19)27-15-18-14-13-16-7-3-5-11-20(16)24-18/h3-7,10-14,17,22H,1-2,8-9,15H2,(H,25,26)/t22-/m1/s1. The summed E-state index contributed by atoms with van der Waals surface area (Å²) in [5, 5.41) is 10.9. The minimum absolute atomic E-state index is 0.186. The van der Waals surface area contributed by atoms with E-state index in [0.717, 1.165) is 47.8 Å². The maximum Gasteiger partial charge on any atom is 0.311 e. The fourth-order valence-electron chi connectivity index (χ4n) is 4.09. The SMILES string of the molecule is O=C(O)[C@@H](c1ccccc1OCc1ccc2ccccc2n1)C1CCCC1. The molecule has 2 aromatic carbocycles. The van der Waals surface area contributed by atoms with Crippen molar-refractivity contribution in [1.29, 1.82) is 0 Å². The van der Waals surface area contributed by atoms with E-state index in [0.29, 0.717) is 12.4 Å². The monoisotopic (exact) mass is 361 g/mol. The molecule has 1 saturated carbocycles. The maximum atomic E-state index is 12.0. The fourth-order valence-corrected chi connectivity index (χ4v) is 4.09. The molecule has 0 amide bonds. The molecule has 4 heteroatoms. The van der Waals surface area contributed by atoms with Crippen molar-refractivity contribution in [3.8, 4) is 5.75 Å². The maximum absolute atomic E-state index is 12.0. The summed E-state index contributed by atoms with van der Waals surface area (Å²) in [6.45, 7) is 0.318. The Labute approximate surface area is 158 Å². The van der Waals surface area contributed by atoms with Gasteiger partial charge in [0, 0.05) is 10.9 Å². The average Bonchev–Trinajstić information content (AvgIpc) is 3.21. The van der Waals surface area contributed by atoms with E-state index in [-0.39, 0.29) is 5.92 Å². The Hall–Kier alpha value is -2.88. The number of benzene rings is 2. The molecule has 1 atom stereocenters. The van der Waals surface area contributed by atoms with Crippen molar-refractivity contribution in [2.24, 2.45) is 5.92 Å². The van der Waals surface area contributed by atoms with Crippen LogP contribution >= 0.6 is 0 Å². The second kappa shape index (κ2) is 7.78. The second-order valence-electron chi connectivity index (χ2n) is 7.18. The summed E-state index contributed by atoms with van der Waals surface area (Å²) in [4.78, 5) is 16.6. The lowest BCUT2D eigenvalue weighted by Crippen LogP contribution is -2.20. The van der Waals surface area contributed by atoms with Gasteiger partial charge < -0.3 is 9.84 Å². The van der Waals surface area contributed by atoms with E-state index in [1.165, 1.54) is 0 Å². The van der Waals surface area contributed by atoms with Gasteiger partial charge >= 0.3 is 5.97 Å². The van der Waals surface area contributed by atoms with E-state index >= 15 is 0 Å². The lowest BCUT2D eigenvalue weighted by Gasteiger charge is -2.22. The van der Waals surface area contributed by atoms with Crippen LogP contribution in [0.25, 0.3) is 10.9 Å². The van der Waals surface area contributed by atoms with Crippen LogP contribution in [0.3, 0.4) is 0 Å². The Kier molecular flexibility index (Phi) is 5.05. The van der Waals surface area contributed by atoms with Crippen LogP contribution in [0.1, 0.15) is 42.9 Å². The van der Waals surface area contributed by atoms with Gasteiger partial charge in [0.25, 0.3) is 0 Å². The lowest BCUT2D eigenvalue weighted by atomic mass is 9.84. The predicted octanol–water partition coefficient (Wildman–Crippen LogP) is 5.17. The number of nitrogens with zero attached hydrogens (tertiary/aromatic N) is 1. The first-order valence-electron chi connectivity index (χ1n) is 9.51. The Morgan fingerprint density at radius 2 is 1.78 bits per heavy atom. The number of aromatic nitrogens is 1. The Bertz CT molecular complexity index is 947. The van der Waals surface area contributed by atoms with Gasteiger partial charge in [0.15, 0.2) is 0 Å². The summed E-state index contributed by atoms with van der Waals surface area (Å²) in [7, 11) is 0. The van der Waals surface area contributed by atoms with Crippen molar-refractivity contribution in [3.63, 3.8) is 0 Å². The molecule has 4 rings (SSSR count). The average molecular weight is 361 g/mol. The van der Waals surface area contributed by atoms with Crippen molar-refractivity contribution in [1.82, 2.24) is 4.98 Å². The van der Waals surface area contributed by atoms with Gasteiger partial charge in [0.05, 0.1) is 17.1 Å². The normalized spacial score (nSPS) is 15.7. The van der Waals surface area contributed by atoms with E-state index in [1.54, 1.807) is 0 Å². The third kappa shape index (κ3) is 3.80. The van der Waals surface area contributed by atoms with Crippen LogP contribution in [0, 0.1) is 5.92 Å². The molecule has 0 unspecified atom stereocenters. The molecule has 0 bridgehead atoms. The molecule has 1 N–H and O–H groups in total. The zero-order valence-corrected chi connectivity index (χ0v) is 15.2. The van der Waals surface area contributed by atoms with Crippen LogP contribution in [-0.2, 0) is 11.4 Å². The molecule has 1 fully saturated rings. The number of carboxylic acids is 1. The number of para-hydroxylation sites is 2. The van der Waals surface area contributed by atoms with Gasteiger partial charge in [0.2, 0.25) is 0 Å². The van der Waals surface area contributed by atoms with Gasteiger partial charge in [-0.05, 0) is 37.0 Å². The number of fused-ring (bicyclic) bond motifs is 1. The second-order valence-corrected chi connectivity index (χ2v) is 7.18. The summed E-state index contributed by atoms with van der Waals surface area (Å²) in [5.41, 5.74) is 2.54. The highest BCUT2D eigenvalue weighted by molar-refractivity contribution is 5.78. The lowest BCUT2D eigenvalue weighted by molar-refractivity contribution is -0.140. The Balaban J connectivity index is 1.57. The topological polar surface area (TPSA) is 59.4 Å². The molecular formula is C23H23NO3. The number of carboxylic acid groups (broad SMARTS) is 1. The Morgan fingerprint density at radius 1 is 1.04 bits per heavy atom. The van der Waals surface area contributed by atoms with Crippen LogP contribution in [0.5, 0.6) is 5.75 Å². The first kappa shape index (κ1) is 17.5. The quantitative estimate of drug-likeness (QED) is 0.658. The van der Waals surface area contributed by atoms with E-state index < -0.39 is 11.9 Å². The molecule has 0 radical (unpaired) electrons. The van der Waals surface area contributed by atoms with E-state index in [9.17, 15) is 9.90 Å². The minimum Gasteiger partial charge on any atom is -0.487 e. The number of ether oxygens (including phenoxy) is 1. The molecule has 1 aliphatic rings. The molecule has 1 heterocycles. The largest absolute Gasteiger partial charge is 0.487 e. The van der Waals surface area contributed by atoms with Crippen LogP contribution < -0.4 is 4.74 Å². The number of hydrogen-bond donors (Lipinski definition) is 1. The van der Waals surface area contributed by atoms with Gasteiger partial charge in [-0.1, -0.05) is 55.3 Å². The minimum atomic E-state index is -0.762. The van der Waals surface area contributed by atoms with Crippen molar-refractivity contribution in [3.05, 3.63) is 71.9 Å². The molecule has 1 aromatic heterocycles. The summed E-state index contributed by atoms with van der Waals surface area (Å²) in [5.74, 6) is -0.437. The van der Waals surface area contributed by atoms with E-state index in [1.807, 2.05) is 60.7 Å². The molecule has 3 aromatic rings. The number of rotatable bonds is 6. The van der Waals surface area contributed by atoms with Gasteiger partial charge in [-0.25, -0.2) is 4.98 Å². The summed E-state index contributed by atoms with van der Waals surface area (Å²) in [6, 6.07) is 19.5. The number of hydrogen-bond acceptors (Lipinski definition) is 3. The molecule has 0 spiro atoms. The number of pyridine rings is 1. The smallest absolute Gasteiger partial charge is 0.311 e. The number of aliphatic carboxylic acids is 1. The molecule has 4 nitrogen and oxygen atoms in total. The zero-order chi connectivity index (χ0) is 18.6. The summed E-state index contributed by atoms with van der Waals surface area (Å²) < 4.78 is 6.04. The van der Waals surface area contributed by atoms with Crippen LogP contribution in [-0.4, -0.2) is 16.1 Å². The molecule has 0 saturated heterocycles. The molecule has 0 aliphatic heterocycles. The molecule has 138 valence electrons. The zero-order valence-electron chi connectivity index (χ0n) is 15.2. The highest BCUT2D eigenvalue weighted by atomic mass is 16.5. The van der Waals surface area contributed by atoms with E-state index in [2.05, 4.69) is 4.98 Å². The summed E-state index contributed by atoms with van der Waals surface area (Å²) in [6.07, 6.45) is 4.16. The summed E-state index contributed by atoms with van der Waals surface area (Å²) >= 11 is 0. The molecule has 27 heavy (non-hydrogen) atoms. The highest BCUT2D eigenvalue weighted by Gasteiger charge is 2.33. The Morgan fingerprint density at radius 3 is 2.59 bits per heavy atom. The van der Waals surface area contributed by atoms with Crippen LogP contribution in [0.4, 0.5) is 0 Å². The van der Waals surface area contributed by atoms with Gasteiger partial charge in [-0.2, -0.15) is 0 Å². The van der Waals surface area contributed by atoms with Crippen molar-refractivity contribution in [2.75, 3.05) is 0 Å². The van der Waals surface area contributed by atoms with Crippen LogP contribution in [0.15, 0.2) is 60.7 Å². The predicted molar refractivity (Wildman–Crippen MR) is 105 cm³/mol. The van der Waals surface area contributed by atoms with Gasteiger partial charge in [0.1, 0.15) is 12.4 Å².